The van der Waals surface area contributed by atoms with Crippen molar-refractivity contribution in [3.8, 4) is 17.2 Å². The number of ether oxygens (including phenoxy) is 3. The maximum Gasteiger partial charge on any atom is 0.250 e. The molecule has 7 nitrogen and oxygen atoms in total. The van der Waals surface area contributed by atoms with Gasteiger partial charge >= 0.3 is 0 Å². The van der Waals surface area contributed by atoms with E-state index in [0.717, 1.165) is 25.7 Å². The number of benzene rings is 1. The minimum Gasteiger partial charge on any atom is -0.496 e. The Morgan fingerprint density at radius 3 is 1.92 bits per heavy atom. The molecule has 0 aromatic heterocycles. The fourth-order valence-electron chi connectivity index (χ4n) is 3.89. The van der Waals surface area contributed by atoms with E-state index in [4.69, 9.17) is 14.2 Å². The van der Waals surface area contributed by atoms with Crippen LogP contribution in [-0.4, -0.2) is 59.2 Å². The van der Waals surface area contributed by atoms with Gasteiger partial charge in [-0.25, -0.2) is 8.42 Å². The molecule has 2 saturated heterocycles. The van der Waals surface area contributed by atoms with Gasteiger partial charge in [-0.05, 0) is 25.7 Å². The first-order chi connectivity index (χ1) is 11.9. The van der Waals surface area contributed by atoms with Crippen molar-refractivity contribution in [2.24, 2.45) is 0 Å². The van der Waals surface area contributed by atoms with Gasteiger partial charge in [0.2, 0.25) is 10.0 Å². The predicted octanol–water partition coefficient (Wildman–Crippen LogP) is 2.04. The first-order valence-electron chi connectivity index (χ1n) is 8.44. The van der Waals surface area contributed by atoms with Crippen LogP contribution < -0.4 is 19.5 Å². The van der Waals surface area contributed by atoms with Gasteiger partial charge in [0.15, 0.2) is 4.90 Å². The van der Waals surface area contributed by atoms with Crippen LogP contribution >= 0.6 is 12.4 Å². The first-order valence-corrected chi connectivity index (χ1v) is 9.88. The molecule has 1 aromatic carbocycles. The molecular formula is C17H27ClN2O5S. The largest absolute Gasteiger partial charge is 0.496 e. The van der Waals surface area contributed by atoms with Gasteiger partial charge in [0.25, 0.3) is 0 Å². The number of nitrogens with one attached hydrogen (secondary N) is 1. The minimum absolute atomic E-state index is 0. The summed E-state index contributed by atoms with van der Waals surface area (Å²) in [5.41, 5.74) is 0. The molecule has 2 fully saturated rings. The van der Waals surface area contributed by atoms with Crippen molar-refractivity contribution in [3.05, 3.63) is 12.1 Å². The van der Waals surface area contributed by atoms with Crippen LogP contribution in [0.1, 0.15) is 25.7 Å². The molecule has 0 saturated carbocycles. The van der Waals surface area contributed by atoms with Crippen LogP contribution in [0.25, 0.3) is 0 Å². The fourth-order valence-corrected chi connectivity index (χ4v) is 5.54. The maximum atomic E-state index is 13.3. The topological polar surface area (TPSA) is 77.1 Å². The van der Waals surface area contributed by atoms with Crippen molar-refractivity contribution >= 4 is 22.4 Å². The summed E-state index contributed by atoms with van der Waals surface area (Å²) >= 11 is 0. The van der Waals surface area contributed by atoms with Gasteiger partial charge in [0, 0.05) is 37.3 Å². The number of fused-ring (bicyclic) bond motifs is 2. The molecule has 26 heavy (non-hydrogen) atoms. The molecule has 2 heterocycles. The van der Waals surface area contributed by atoms with E-state index >= 15 is 0 Å². The molecule has 2 bridgehead atoms. The third-order valence-electron chi connectivity index (χ3n) is 5.27. The third-order valence-corrected chi connectivity index (χ3v) is 7.24. The summed E-state index contributed by atoms with van der Waals surface area (Å²) in [7, 11) is 2.28. The van der Waals surface area contributed by atoms with Crippen molar-refractivity contribution < 1.29 is 22.6 Å². The van der Waals surface area contributed by atoms with Gasteiger partial charge in [0.1, 0.15) is 17.2 Å². The molecule has 0 spiro atoms. The second-order valence-corrected chi connectivity index (χ2v) is 8.58. The third kappa shape index (κ3) is 3.74. The number of halogens is 1. The lowest BCUT2D eigenvalue weighted by Gasteiger charge is -2.35. The van der Waals surface area contributed by atoms with Crippen LogP contribution in [0.5, 0.6) is 17.2 Å². The number of hydrogen-bond donors (Lipinski definition) is 1. The average Bonchev–Trinajstić information content (AvgIpc) is 2.97. The second-order valence-electron chi connectivity index (χ2n) is 6.65. The van der Waals surface area contributed by atoms with E-state index < -0.39 is 10.0 Å². The Labute approximate surface area is 161 Å². The number of rotatable bonds is 6. The first kappa shape index (κ1) is 21.1. The minimum atomic E-state index is -3.77. The van der Waals surface area contributed by atoms with E-state index in [9.17, 15) is 8.42 Å². The van der Waals surface area contributed by atoms with Crippen LogP contribution in [0.3, 0.4) is 0 Å². The highest BCUT2D eigenvalue weighted by atomic mass is 35.5. The zero-order valence-corrected chi connectivity index (χ0v) is 17.2. The number of sulfonamides is 1. The molecule has 3 rings (SSSR count). The molecule has 0 aliphatic carbocycles. The van der Waals surface area contributed by atoms with Crippen molar-refractivity contribution in [3.63, 3.8) is 0 Å². The molecule has 148 valence electrons. The summed E-state index contributed by atoms with van der Waals surface area (Å²) in [4.78, 5) is 0.0479. The number of piperidine rings is 1. The number of methoxy groups -OCH3 is 3. The molecule has 0 radical (unpaired) electrons. The number of hydrogen-bond acceptors (Lipinski definition) is 6. The second kappa shape index (κ2) is 8.21. The molecule has 2 atom stereocenters. The van der Waals surface area contributed by atoms with Gasteiger partial charge in [-0.1, -0.05) is 0 Å². The SMILES string of the molecule is COc1cc(OC)c(S(=O)(=O)N(C)C2CC3CCC(C2)N3)c(OC)c1.Cl. The highest BCUT2D eigenvalue weighted by Gasteiger charge is 2.40. The van der Waals surface area contributed by atoms with Crippen molar-refractivity contribution in [2.45, 2.75) is 48.7 Å². The lowest BCUT2D eigenvalue weighted by Crippen LogP contribution is -2.48. The zero-order chi connectivity index (χ0) is 18.2. The Kier molecular flexibility index (Phi) is 6.65. The van der Waals surface area contributed by atoms with Crippen molar-refractivity contribution in [1.29, 1.82) is 0 Å². The lowest BCUT2D eigenvalue weighted by atomic mass is 10.0. The van der Waals surface area contributed by atoms with Crippen molar-refractivity contribution in [1.82, 2.24) is 9.62 Å². The van der Waals surface area contributed by atoms with Gasteiger partial charge in [-0.2, -0.15) is 4.31 Å². The smallest absolute Gasteiger partial charge is 0.250 e. The molecule has 2 aliphatic rings. The Balaban J connectivity index is 0.00000243. The summed E-state index contributed by atoms with van der Waals surface area (Å²) in [5, 5.41) is 3.54. The van der Waals surface area contributed by atoms with E-state index in [-0.39, 0.29) is 34.8 Å². The standard InChI is InChI=1S/C17H26N2O5S.ClH/c1-19(13-7-11-5-6-12(8-13)18-11)25(20,21)17-15(23-3)9-14(22-2)10-16(17)24-4;/h9-13,18H,5-8H2,1-4H3;1H. The Bertz CT molecular complexity index is 706. The quantitative estimate of drug-likeness (QED) is 0.779. The monoisotopic (exact) mass is 406 g/mol. The van der Waals surface area contributed by atoms with E-state index in [1.54, 1.807) is 19.2 Å². The molecule has 1 aromatic rings. The summed E-state index contributed by atoms with van der Waals surface area (Å²) < 4.78 is 44.0. The van der Waals surface area contributed by atoms with Crippen LogP contribution in [0, 0.1) is 0 Å². The van der Waals surface area contributed by atoms with E-state index in [2.05, 4.69) is 5.32 Å². The molecule has 9 heteroatoms. The summed E-state index contributed by atoms with van der Waals surface area (Å²) in [5.74, 6) is 0.926. The molecule has 2 aliphatic heterocycles. The average molecular weight is 407 g/mol. The van der Waals surface area contributed by atoms with Gasteiger partial charge in [0.05, 0.1) is 21.3 Å². The van der Waals surface area contributed by atoms with Crippen LogP contribution in [0.15, 0.2) is 17.0 Å². The zero-order valence-electron chi connectivity index (χ0n) is 15.5. The van der Waals surface area contributed by atoms with Crippen LogP contribution in [0.2, 0.25) is 0 Å². The summed E-state index contributed by atoms with van der Waals surface area (Å²) in [6, 6.07) is 3.91. The fraction of sp³-hybridized carbons (Fsp3) is 0.647. The van der Waals surface area contributed by atoms with E-state index in [1.807, 2.05) is 0 Å². The maximum absolute atomic E-state index is 13.3. The van der Waals surface area contributed by atoms with Crippen LogP contribution in [0.4, 0.5) is 0 Å². The molecule has 1 N–H and O–H groups in total. The highest BCUT2D eigenvalue weighted by Crippen LogP contribution is 2.40. The molecular weight excluding hydrogens is 380 g/mol. The predicted molar refractivity (Wildman–Crippen MR) is 101 cm³/mol. The van der Waals surface area contributed by atoms with E-state index in [0.29, 0.717) is 17.8 Å². The highest BCUT2D eigenvalue weighted by molar-refractivity contribution is 7.89. The van der Waals surface area contributed by atoms with Gasteiger partial charge in [-0.3, -0.25) is 0 Å². The lowest BCUT2D eigenvalue weighted by molar-refractivity contribution is 0.250. The van der Waals surface area contributed by atoms with Crippen LogP contribution in [-0.2, 0) is 10.0 Å². The Hall–Kier alpha value is -1.22. The number of nitrogens with zero attached hydrogens (tertiary/aromatic N) is 1. The van der Waals surface area contributed by atoms with Gasteiger partial charge in [-0.15, -0.1) is 12.4 Å². The summed E-state index contributed by atoms with van der Waals surface area (Å²) in [6.07, 6.45) is 3.88. The Morgan fingerprint density at radius 2 is 1.50 bits per heavy atom. The van der Waals surface area contributed by atoms with Gasteiger partial charge < -0.3 is 19.5 Å². The normalized spacial score (nSPS) is 24.9. The molecule has 2 unspecified atom stereocenters. The van der Waals surface area contributed by atoms with Crippen molar-refractivity contribution in [2.75, 3.05) is 28.4 Å². The molecule has 0 amide bonds. The Morgan fingerprint density at radius 1 is 1.00 bits per heavy atom. The van der Waals surface area contributed by atoms with E-state index in [1.165, 1.54) is 25.6 Å². The summed E-state index contributed by atoms with van der Waals surface area (Å²) in [6.45, 7) is 0.